The molecule has 0 atom stereocenters. The minimum absolute atomic E-state index is 0.199. The van der Waals surface area contributed by atoms with E-state index in [0.29, 0.717) is 24.4 Å². The first-order chi connectivity index (χ1) is 8.60. The summed E-state index contributed by atoms with van der Waals surface area (Å²) in [5.74, 6) is 0.223. The van der Waals surface area contributed by atoms with Gasteiger partial charge in [-0.2, -0.15) is 0 Å². The van der Waals surface area contributed by atoms with Crippen molar-refractivity contribution < 1.29 is 9.21 Å². The van der Waals surface area contributed by atoms with E-state index in [1.807, 2.05) is 13.8 Å². The Morgan fingerprint density at radius 2 is 2.11 bits per heavy atom. The van der Waals surface area contributed by atoms with Gasteiger partial charge in [0.15, 0.2) is 0 Å². The molecule has 18 heavy (non-hydrogen) atoms. The summed E-state index contributed by atoms with van der Waals surface area (Å²) >= 11 is 0. The average Bonchev–Trinajstić information content (AvgIpc) is 2.68. The van der Waals surface area contributed by atoms with Crippen molar-refractivity contribution in [1.29, 1.82) is 0 Å². The van der Waals surface area contributed by atoms with Crippen molar-refractivity contribution in [2.24, 2.45) is 0 Å². The van der Waals surface area contributed by atoms with E-state index in [-0.39, 0.29) is 22.6 Å². The highest BCUT2D eigenvalue weighted by atomic mass is 16.3. The fraction of sp³-hybridized carbons (Fsp3) is 0.417. The number of H-pyrrole nitrogens is 1. The van der Waals surface area contributed by atoms with E-state index in [2.05, 4.69) is 9.97 Å². The van der Waals surface area contributed by atoms with Gasteiger partial charge in [0.25, 0.3) is 11.5 Å². The van der Waals surface area contributed by atoms with Crippen LogP contribution in [0, 0.1) is 6.92 Å². The Kier molecular flexibility index (Phi) is 3.18. The molecular weight excluding hydrogens is 234 g/mol. The summed E-state index contributed by atoms with van der Waals surface area (Å²) in [6.45, 7) is 6.61. The number of fused-ring (bicyclic) bond motifs is 1. The average molecular weight is 249 g/mol. The molecule has 1 N–H and O–H groups in total. The molecule has 2 rings (SSSR count). The number of aryl methyl sites for hydroxylation is 1. The van der Waals surface area contributed by atoms with E-state index in [0.717, 1.165) is 0 Å². The van der Waals surface area contributed by atoms with Gasteiger partial charge in [-0.05, 0) is 20.8 Å². The van der Waals surface area contributed by atoms with E-state index in [1.54, 1.807) is 11.8 Å². The van der Waals surface area contributed by atoms with Crippen LogP contribution in [0.3, 0.4) is 0 Å². The molecule has 0 aromatic carbocycles. The maximum atomic E-state index is 12.3. The normalized spacial score (nSPS) is 10.8. The van der Waals surface area contributed by atoms with Crippen LogP contribution >= 0.6 is 0 Å². The number of nitrogens with one attached hydrogen (secondary N) is 1. The lowest BCUT2D eigenvalue weighted by molar-refractivity contribution is 0.0773. The van der Waals surface area contributed by atoms with Gasteiger partial charge >= 0.3 is 0 Å². The zero-order valence-corrected chi connectivity index (χ0v) is 10.6. The molecule has 1 amide bonds. The van der Waals surface area contributed by atoms with Gasteiger partial charge in [0, 0.05) is 13.1 Å². The minimum Gasteiger partial charge on any atom is -0.442 e. The number of hydrogen-bond acceptors (Lipinski definition) is 4. The Labute approximate surface area is 104 Å². The number of amides is 1. The standard InChI is InChI=1S/C12H15N3O3/c1-4-15(5-2)12(17)8-7(3)18-11-9(8)10(16)13-6-14-11/h6H,4-5H2,1-3H3,(H,13,14,16). The maximum Gasteiger partial charge on any atom is 0.262 e. The molecule has 2 heterocycles. The fourth-order valence-electron chi connectivity index (χ4n) is 1.98. The van der Waals surface area contributed by atoms with E-state index in [4.69, 9.17) is 4.42 Å². The summed E-state index contributed by atoms with van der Waals surface area (Å²) in [6, 6.07) is 0. The second-order valence-corrected chi connectivity index (χ2v) is 3.92. The van der Waals surface area contributed by atoms with Crippen LogP contribution < -0.4 is 5.56 Å². The van der Waals surface area contributed by atoms with Crippen LogP contribution in [-0.4, -0.2) is 33.9 Å². The van der Waals surface area contributed by atoms with Gasteiger partial charge in [-0.25, -0.2) is 4.98 Å². The lowest BCUT2D eigenvalue weighted by Crippen LogP contribution is -2.31. The number of rotatable bonds is 3. The third kappa shape index (κ3) is 1.79. The molecule has 2 aromatic heterocycles. The van der Waals surface area contributed by atoms with Crippen molar-refractivity contribution >= 4 is 17.0 Å². The minimum atomic E-state index is -0.354. The first-order valence-electron chi connectivity index (χ1n) is 5.86. The predicted octanol–water partition coefficient (Wildman–Crippen LogP) is 1.31. The largest absolute Gasteiger partial charge is 0.442 e. The van der Waals surface area contributed by atoms with Crippen molar-refractivity contribution in [2.75, 3.05) is 13.1 Å². The van der Waals surface area contributed by atoms with Gasteiger partial charge in [0.2, 0.25) is 5.71 Å². The van der Waals surface area contributed by atoms with E-state index in [9.17, 15) is 9.59 Å². The zero-order chi connectivity index (χ0) is 13.3. The fourth-order valence-corrected chi connectivity index (χ4v) is 1.98. The Morgan fingerprint density at radius 3 is 2.72 bits per heavy atom. The highest BCUT2D eigenvalue weighted by Gasteiger charge is 2.24. The second-order valence-electron chi connectivity index (χ2n) is 3.92. The summed E-state index contributed by atoms with van der Waals surface area (Å²) < 4.78 is 5.36. The molecule has 0 aliphatic rings. The summed E-state index contributed by atoms with van der Waals surface area (Å²) in [7, 11) is 0. The SMILES string of the molecule is CCN(CC)C(=O)c1c(C)oc2nc[nH]c(=O)c12. The van der Waals surface area contributed by atoms with Crippen molar-refractivity contribution in [3.05, 3.63) is 28.0 Å². The van der Waals surface area contributed by atoms with Gasteiger partial charge in [0.1, 0.15) is 11.1 Å². The smallest absolute Gasteiger partial charge is 0.262 e. The molecule has 0 saturated carbocycles. The van der Waals surface area contributed by atoms with Gasteiger partial charge in [-0.1, -0.05) is 0 Å². The first kappa shape index (κ1) is 12.3. The zero-order valence-electron chi connectivity index (χ0n) is 10.6. The van der Waals surface area contributed by atoms with Crippen LogP contribution in [0.15, 0.2) is 15.5 Å². The highest BCUT2D eigenvalue weighted by molar-refractivity contribution is 6.06. The number of nitrogens with zero attached hydrogens (tertiary/aromatic N) is 2. The Hall–Kier alpha value is -2.11. The van der Waals surface area contributed by atoms with E-state index in [1.165, 1.54) is 6.33 Å². The predicted molar refractivity (Wildman–Crippen MR) is 66.6 cm³/mol. The number of aromatic nitrogens is 2. The van der Waals surface area contributed by atoms with Gasteiger partial charge in [-0.15, -0.1) is 0 Å². The molecule has 0 aliphatic heterocycles. The summed E-state index contributed by atoms with van der Waals surface area (Å²) in [6.07, 6.45) is 1.26. The van der Waals surface area contributed by atoms with Crippen LogP contribution in [0.25, 0.3) is 11.1 Å². The third-order valence-electron chi connectivity index (χ3n) is 2.93. The quantitative estimate of drug-likeness (QED) is 0.889. The lowest BCUT2D eigenvalue weighted by atomic mass is 10.1. The maximum absolute atomic E-state index is 12.3. The topological polar surface area (TPSA) is 79.2 Å². The number of furan rings is 1. The molecule has 0 aliphatic carbocycles. The van der Waals surface area contributed by atoms with Crippen molar-refractivity contribution in [2.45, 2.75) is 20.8 Å². The lowest BCUT2D eigenvalue weighted by Gasteiger charge is -2.17. The molecule has 0 bridgehead atoms. The van der Waals surface area contributed by atoms with E-state index < -0.39 is 0 Å². The molecule has 6 heteroatoms. The molecular formula is C12H15N3O3. The van der Waals surface area contributed by atoms with Crippen molar-refractivity contribution in [3.8, 4) is 0 Å². The summed E-state index contributed by atoms with van der Waals surface area (Å²) in [5.41, 5.74) is 0.155. The second kappa shape index (κ2) is 4.64. The van der Waals surface area contributed by atoms with Crippen LogP contribution in [0.2, 0.25) is 0 Å². The van der Waals surface area contributed by atoms with Crippen LogP contribution in [0.4, 0.5) is 0 Å². The number of carbonyl (C=O) groups is 1. The third-order valence-corrected chi connectivity index (χ3v) is 2.93. The molecule has 2 aromatic rings. The Bertz CT molecular complexity index is 638. The molecule has 0 fully saturated rings. The van der Waals surface area contributed by atoms with Gasteiger partial charge in [-0.3, -0.25) is 9.59 Å². The Morgan fingerprint density at radius 1 is 1.44 bits per heavy atom. The summed E-state index contributed by atoms with van der Waals surface area (Å²) in [5, 5.41) is 0.229. The molecule has 0 unspecified atom stereocenters. The summed E-state index contributed by atoms with van der Waals surface area (Å²) in [4.78, 5) is 32.2. The molecule has 6 nitrogen and oxygen atoms in total. The van der Waals surface area contributed by atoms with Crippen LogP contribution in [-0.2, 0) is 0 Å². The van der Waals surface area contributed by atoms with Gasteiger partial charge in [0.05, 0.1) is 11.9 Å². The number of carbonyl (C=O) groups excluding carboxylic acids is 1. The van der Waals surface area contributed by atoms with Crippen LogP contribution in [0.1, 0.15) is 30.0 Å². The molecule has 0 radical (unpaired) electrons. The highest BCUT2D eigenvalue weighted by Crippen LogP contribution is 2.21. The van der Waals surface area contributed by atoms with Crippen molar-refractivity contribution in [1.82, 2.24) is 14.9 Å². The molecule has 96 valence electrons. The molecule has 0 spiro atoms. The number of aromatic amines is 1. The van der Waals surface area contributed by atoms with Gasteiger partial charge < -0.3 is 14.3 Å². The van der Waals surface area contributed by atoms with E-state index >= 15 is 0 Å². The number of hydrogen-bond donors (Lipinski definition) is 1. The first-order valence-corrected chi connectivity index (χ1v) is 5.86. The van der Waals surface area contributed by atoms with Crippen molar-refractivity contribution in [3.63, 3.8) is 0 Å². The Balaban J connectivity index is 2.67. The molecule has 0 saturated heterocycles. The monoisotopic (exact) mass is 249 g/mol. The van der Waals surface area contributed by atoms with Crippen LogP contribution in [0.5, 0.6) is 0 Å².